The molecule has 7 nitrogen and oxygen atoms in total. The Bertz CT molecular complexity index is 830. The van der Waals surface area contributed by atoms with Crippen LogP contribution in [0.2, 0.25) is 0 Å². The van der Waals surface area contributed by atoms with Crippen LogP contribution in [0.15, 0.2) is 67.3 Å². The molecule has 25 heavy (non-hydrogen) atoms. The van der Waals surface area contributed by atoms with Gasteiger partial charge < -0.3 is 10.6 Å². The van der Waals surface area contributed by atoms with Gasteiger partial charge in [0.2, 0.25) is 0 Å². The number of hydrogen-bond donors (Lipinski definition) is 2. The van der Waals surface area contributed by atoms with Gasteiger partial charge in [-0.15, -0.1) is 0 Å². The van der Waals surface area contributed by atoms with E-state index in [-0.39, 0.29) is 0 Å². The lowest BCUT2D eigenvalue weighted by atomic mass is 10.2. The fourth-order valence-corrected chi connectivity index (χ4v) is 2.24. The number of hydrogen-bond acceptors (Lipinski definition) is 4. The van der Waals surface area contributed by atoms with Crippen molar-refractivity contribution in [2.45, 2.75) is 13.1 Å². The monoisotopic (exact) mass is 335 g/mol. The lowest BCUT2D eigenvalue weighted by Gasteiger charge is -2.07. The summed E-state index contributed by atoms with van der Waals surface area (Å²) < 4.78 is 1.70. The van der Waals surface area contributed by atoms with Crippen LogP contribution >= 0.6 is 0 Å². The van der Waals surface area contributed by atoms with Gasteiger partial charge in [-0.1, -0.05) is 42.5 Å². The quantitative estimate of drug-likeness (QED) is 0.693. The van der Waals surface area contributed by atoms with Gasteiger partial charge in [-0.25, -0.2) is 9.67 Å². The van der Waals surface area contributed by atoms with Crippen molar-refractivity contribution in [2.24, 2.45) is 0 Å². The molecule has 0 unspecified atom stereocenters. The van der Waals surface area contributed by atoms with Gasteiger partial charge in [-0.2, -0.15) is 5.10 Å². The van der Waals surface area contributed by atoms with Crippen molar-refractivity contribution in [1.29, 1.82) is 0 Å². The second kappa shape index (κ2) is 7.87. The van der Waals surface area contributed by atoms with Gasteiger partial charge in [-0.3, -0.25) is 9.59 Å². The molecule has 2 aromatic carbocycles. The number of amides is 2. The Morgan fingerprint density at radius 3 is 2.36 bits per heavy atom. The van der Waals surface area contributed by atoms with Crippen molar-refractivity contribution in [1.82, 2.24) is 20.1 Å². The van der Waals surface area contributed by atoms with Crippen LogP contribution in [-0.2, 0) is 22.7 Å². The molecule has 3 rings (SSSR count). The third-order valence-electron chi connectivity index (χ3n) is 3.53. The Kier molecular flexibility index (Phi) is 5.16. The van der Waals surface area contributed by atoms with Crippen LogP contribution in [0.1, 0.15) is 11.1 Å². The SMILES string of the molecule is O=C(NCc1ccccc1)C(=O)Nc1ccc(Cn2cncn2)cc1. The molecule has 0 spiro atoms. The van der Waals surface area contributed by atoms with Gasteiger partial charge in [0.05, 0.1) is 6.54 Å². The maximum Gasteiger partial charge on any atom is 0.313 e. The van der Waals surface area contributed by atoms with Crippen molar-refractivity contribution in [2.75, 3.05) is 5.32 Å². The molecule has 0 saturated heterocycles. The van der Waals surface area contributed by atoms with E-state index in [1.807, 2.05) is 42.5 Å². The van der Waals surface area contributed by atoms with Crippen LogP contribution in [-0.4, -0.2) is 26.6 Å². The fraction of sp³-hybridized carbons (Fsp3) is 0.111. The fourth-order valence-electron chi connectivity index (χ4n) is 2.24. The van der Waals surface area contributed by atoms with Gasteiger partial charge in [0.1, 0.15) is 12.7 Å². The molecule has 2 amide bonds. The van der Waals surface area contributed by atoms with E-state index < -0.39 is 11.8 Å². The maximum atomic E-state index is 11.9. The molecule has 126 valence electrons. The minimum absolute atomic E-state index is 0.309. The molecule has 0 aliphatic carbocycles. The molecule has 2 N–H and O–H groups in total. The predicted molar refractivity (Wildman–Crippen MR) is 92.5 cm³/mol. The summed E-state index contributed by atoms with van der Waals surface area (Å²) in [4.78, 5) is 27.7. The number of carbonyl (C=O) groups is 2. The molecule has 0 saturated carbocycles. The van der Waals surface area contributed by atoms with Crippen molar-refractivity contribution in [3.63, 3.8) is 0 Å². The van der Waals surface area contributed by atoms with Crippen LogP contribution in [0, 0.1) is 0 Å². The minimum Gasteiger partial charge on any atom is -0.344 e. The van der Waals surface area contributed by atoms with E-state index in [0.29, 0.717) is 18.8 Å². The van der Waals surface area contributed by atoms with E-state index in [2.05, 4.69) is 20.7 Å². The third-order valence-corrected chi connectivity index (χ3v) is 3.53. The molecular formula is C18H17N5O2. The number of carbonyl (C=O) groups excluding carboxylic acids is 2. The largest absolute Gasteiger partial charge is 0.344 e. The molecule has 0 fully saturated rings. The number of rotatable bonds is 5. The first-order valence-electron chi connectivity index (χ1n) is 7.75. The average molecular weight is 335 g/mol. The van der Waals surface area contributed by atoms with E-state index >= 15 is 0 Å². The maximum absolute atomic E-state index is 11.9. The first kappa shape index (κ1) is 16.4. The zero-order valence-corrected chi connectivity index (χ0v) is 13.4. The second-order valence-corrected chi connectivity index (χ2v) is 5.41. The summed E-state index contributed by atoms with van der Waals surface area (Å²) in [5, 5.41) is 9.20. The van der Waals surface area contributed by atoms with Gasteiger partial charge in [0.25, 0.3) is 0 Å². The first-order valence-corrected chi connectivity index (χ1v) is 7.75. The van der Waals surface area contributed by atoms with Crippen LogP contribution in [0.4, 0.5) is 5.69 Å². The lowest BCUT2D eigenvalue weighted by Crippen LogP contribution is -2.34. The Morgan fingerprint density at radius 2 is 1.68 bits per heavy atom. The average Bonchev–Trinajstić information content (AvgIpc) is 3.15. The van der Waals surface area contributed by atoms with Gasteiger partial charge in [0, 0.05) is 12.2 Å². The number of benzene rings is 2. The Morgan fingerprint density at radius 1 is 0.920 bits per heavy atom. The van der Waals surface area contributed by atoms with Crippen molar-refractivity contribution < 1.29 is 9.59 Å². The number of nitrogens with zero attached hydrogens (tertiary/aromatic N) is 3. The zero-order chi connectivity index (χ0) is 17.5. The molecule has 0 aliphatic heterocycles. The molecule has 0 aliphatic rings. The summed E-state index contributed by atoms with van der Waals surface area (Å²) in [5.41, 5.74) is 2.50. The highest BCUT2D eigenvalue weighted by atomic mass is 16.2. The molecule has 7 heteroatoms. The van der Waals surface area contributed by atoms with E-state index in [0.717, 1.165) is 11.1 Å². The summed E-state index contributed by atoms with van der Waals surface area (Å²) in [5.74, 6) is -1.37. The van der Waals surface area contributed by atoms with Gasteiger partial charge in [-0.05, 0) is 23.3 Å². The summed E-state index contributed by atoms with van der Waals surface area (Å²) in [6.45, 7) is 0.899. The lowest BCUT2D eigenvalue weighted by molar-refractivity contribution is -0.136. The molecule has 0 atom stereocenters. The van der Waals surface area contributed by atoms with E-state index in [4.69, 9.17) is 0 Å². The Labute approximate surface area is 144 Å². The summed E-state index contributed by atoms with van der Waals surface area (Å²) in [6, 6.07) is 16.6. The number of anilines is 1. The van der Waals surface area contributed by atoms with E-state index in [1.165, 1.54) is 6.33 Å². The van der Waals surface area contributed by atoms with Crippen molar-refractivity contribution in [3.05, 3.63) is 78.4 Å². The van der Waals surface area contributed by atoms with Crippen LogP contribution in [0.5, 0.6) is 0 Å². The molecule has 1 heterocycles. The second-order valence-electron chi connectivity index (χ2n) is 5.41. The number of aromatic nitrogens is 3. The Balaban J connectivity index is 1.51. The normalized spacial score (nSPS) is 10.2. The molecular weight excluding hydrogens is 318 g/mol. The standard InChI is InChI=1S/C18H17N5O2/c24-17(20-10-14-4-2-1-3-5-14)18(25)22-16-8-6-15(7-9-16)11-23-13-19-12-21-23/h1-9,12-13H,10-11H2,(H,20,24)(H,22,25). The molecule has 1 aromatic heterocycles. The third kappa shape index (κ3) is 4.74. The van der Waals surface area contributed by atoms with Crippen LogP contribution in [0.3, 0.4) is 0 Å². The summed E-state index contributed by atoms with van der Waals surface area (Å²) >= 11 is 0. The van der Waals surface area contributed by atoms with E-state index in [1.54, 1.807) is 23.1 Å². The van der Waals surface area contributed by atoms with Crippen LogP contribution in [0.25, 0.3) is 0 Å². The summed E-state index contributed by atoms with van der Waals surface area (Å²) in [7, 11) is 0. The first-order chi connectivity index (χ1) is 12.2. The predicted octanol–water partition coefficient (Wildman–Crippen LogP) is 1.58. The highest BCUT2D eigenvalue weighted by Gasteiger charge is 2.13. The minimum atomic E-state index is -0.694. The van der Waals surface area contributed by atoms with Crippen LogP contribution < -0.4 is 10.6 Å². The molecule has 3 aromatic rings. The number of nitrogens with one attached hydrogen (secondary N) is 2. The van der Waals surface area contributed by atoms with Gasteiger partial charge in [0.15, 0.2) is 0 Å². The topological polar surface area (TPSA) is 88.9 Å². The molecule has 0 bridgehead atoms. The summed E-state index contributed by atoms with van der Waals surface area (Å²) in [6.07, 6.45) is 3.11. The van der Waals surface area contributed by atoms with E-state index in [9.17, 15) is 9.59 Å². The highest BCUT2D eigenvalue weighted by Crippen LogP contribution is 2.10. The molecule has 0 radical (unpaired) electrons. The highest BCUT2D eigenvalue weighted by molar-refractivity contribution is 6.39. The smallest absolute Gasteiger partial charge is 0.313 e. The van der Waals surface area contributed by atoms with Crippen molar-refractivity contribution in [3.8, 4) is 0 Å². The zero-order valence-electron chi connectivity index (χ0n) is 13.4. The Hall–Kier alpha value is -3.48. The van der Waals surface area contributed by atoms with Crippen molar-refractivity contribution >= 4 is 17.5 Å². The van der Waals surface area contributed by atoms with Gasteiger partial charge >= 0.3 is 11.8 Å².